The van der Waals surface area contributed by atoms with Gasteiger partial charge in [-0.1, -0.05) is 6.92 Å². The van der Waals surface area contributed by atoms with Crippen molar-refractivity contribution in [3.8, 4) is 0 Å². The topological polar surface area (TPSA) is 52.3 Å². The van der Waals surface area contributed by atoms with Crippen LogP contribution < -0.4 is 5.73 Å². The zero-order valence-electron chi connectivity index (χ0n) is 6.26. The molecular formula is C6H15NO2. The second-order valence-corrected chi connectivity index (χ2v) is 1.42. The summed E-state index contributed by atoms with van der Waals surface area (Å²) in [7, 11) is 1.61. The summed E-state index contributed by atoms with van der Waals surface area (Å²) in [6.45, 7) is 3.42. The highest BCUT2D eigenvalue weighted by Gasteiger charge is 1.88. The molecule has 0 fully saturated rings. The van der Waals surface area contributed by atoms with Crippen molar-refractivity contribution in [1.82, 2.24) is 0 Å². The van der Waals surface area contributed by atoms with Gasteiger partial charge in [0.2, 0.25) is 0 Å². The first-order chi connectivity index (χ1) is 4.22. The number of carbonyl (C=O) groups excluding carboxylic acids is 1. The maximum atomic E-state index is 8.81. The first-order valence-electron chi connectivity index (χ1n) is 2.91. The minimum Gasteiger partial charge on any atom is -0.367 e. The fourth-order valence-corrected chi connectivity index (χ4v) is 0.167. The van der Waals surface area contributed by atoms with Crippen LogP contribution in [0.2, 0.25) is 0 Å². The van der Waals surface area contributed by atoms with Crippen LogP contribution in [0.15, 0.2) is 0 Å². The van der Waals surface area contributed by atoms with Crippen LogP contribution in [-0.2, 0) is 9.53 Å². The lowest BCUT2D eigenvalue weighted by molar-refractivity contribution is -0.106. The van der Waals surface area contributed by atoms with Gasteiger partial charge in [0.1, 0.15) is 12.5 Å². The molecule has 0 saturated carbocycles. The second-order valence-electron chi connectivity index (χ2n) is 1.42. The molecule has 0 spiro atoms. The van der Waals surface area contributed by atoms with E-state index < -0.39 is 0 Å². The third-order valence-electron chi connectivity index (χ3n) is 0.705. The van der Waals surface area contributed by atoms with Crippen LogP contribution >= 0.6 is 0 Å². The van der Waals surface area contributed by atoms with Gasteiger partial charge in [-0.2, -0.15) is 0 Å². The van der Waals surface area contributed by atoms with Crippen molar-refractivity contribution in [1.29, 1.82) is 0 Å². The van der Waals surface area contributed by atoms with E-state index in [0.717, 1.165) is 12.7 Å². The van der Waals surface area contributed by atoms with Crippen molar-refractivity contribution < 1.29 is 9.53 Å². The van der Waals surface area contributed by atoms with Crippen molar-refractivity contribution in [3.63, 3.8) is 0 Å². The number of aldehydes is 1. The molecule has 0 heterocycles. The summed E-state index contributed by atoms with van der Waals surface area (Å²) >= 11 is 0. The van der Waals surface area contributed by atoms with E-state index >= 15 is 0 Å². The van der Waals surface area contributed by atoms with Gasteiger partial charge in [-0.05, 0) is 13.3 Å². The second kappa shape index (κ2) is 10.5. The van der Waals surface area contributed by atoms with Crippen molar-refractivity contribution in [3.05, 3.63) is 0 Å². The Morgan fingerprint density at radius 2 is 2.11 bits per heavy atom. The van der Waals surface area contributed by atoms with Crippen LogP contribution in [-0.4, -0.2) is 19.6 Å². The predicted octanol–water partition coefficient (Wildman–Crippen LogP) is 0.533. The number of ether oxygens (including phenoxy) is 1. The van der Waals surface area contributed by atoms with Crippen LogP contribution in [0.5, 0.6) is 0 Å². The van der Waals surface area contributed by atoms with Gasteiger partial charge in [0, 0.05) is 7.11 Å². The molecule has 0 radical (unpaired) electrons. The average molecular weight is 133 g/mol. The Labute approximate surface area is 56.2 Å². The molecule has 0 saturated heterocycles. The van der Waals surface area contributed by atoms with Crippen molar-refractivity contribution in [2.24, 2.45) is 5.73 Å². The van der Waals surface area contributed by atoms with Gasteiger partial charge in [0.15, 0.2) is 0 Å². The molecule has 1 unspecified atom stereocenters. The minimum absolute atomic E-state index is 0.0648. The highest BCUT2D eigenvalue weighted by Crippen LogP contribution is 1.81. The van der Waals surface area contributed by atoms with Gasteiger partial charge in [0.25, 0.3) is 0 Å². The lowest BCUT2D eigenvalue weighted by Crippen LogP contribution is -2.19. The number of rotatable bonds is 2. The minimum atomic E-state index is -0.0648. The fraction of sp³-hybridized carbons (Fsp3) is 0.833. The summed E-state index contributed by atoms with van der Waals surface area (Å²) in [6, 6.07) is 0. The summed E-state index contributed by atoms with van der Waals surface area (Å²) < 4.78 is 4.68. The molecule has 0 aromatic carbocycles. The van der Waals surface area contributed by atoms with E-state index in [1.54, 1.807) is 7.11 Å². The zero-order valence-corrected chi connectivity index (χ0v) is 6.26. The van der Waals surface area contributed by atoms with E-state index in [9.17, 15) is 0 Å². The smallest absolute Gasteiger partial charge is 0.116 e. The Kier molecular flexibility index (Phi) is 13.4. The molecule has 0 aromatic heterocycles. The van der Waals surface area contributed by atoms with E-state index in [1.165, 1.54) is 6.92 Å². The number of nitrogens with two attached hydrogens (primary N) is 1. The quantitative estimate of drug-likeness (QED) is 0.441. The molecule has 1 atom stereocenters. The SMILES string of the molecule is CC=O.CCC(N)OC. The van der Waals surface area contributed by atoms with E-state index in [2.05, 4.69) is 4.74 Å². The molecule has 3 nitrogen and oxygen atoms in total. The molecule has 56 valence electrons. The third-order valence-corrected chi connectivity index (χ3v) is 0.705. The maximum Gasteiger partial charge on any atom is 0.116 e. The van der Waals surface area contributed by atoms with Crippen LogP contribution in [0.3, 0.4) is 0 Å². The summed E-state index contributed by atoms with van der Waals surface area (Å²) in [5, 5.41) is 0. The molecule has 0 aromatic rings. The molecule has 9 heavy (non-hydrogen) atoms. The molecular weight excluding hydrogens is 118 g/mol. The first kappa shape index (κ1) is 11.4. The molecule has 3 heteroatoms. The third kappa shape index (κ3) is 18.4. The Morgan fingerprint density at radius 1 is 1.78 bits per heavy atom. The van der Waals surface area contributed by atoms with Crippen LogP contribution in [0.4, 0.5) is 0 Å². The molecule has 2 N–H and O–H groups in total. The van der Waals surface area contributed by atoms with Crippen LogP contribution in [0.1, 0.15) is 20.3 Å². The lowest BCUT2D eigenvalue weighted by Gasteiger charge is -2.01. The van der Waals surface area contributed by atoms with E-state index in [-0.39, 0.29) is 6.23 Å². The van der Waals surface area contributed by atoms with Gasteiger partial charge >= 0.3 is 0 Å². The van der Waals surface area contributed by atoms with Crippen molar-refractivity contribution in [2.45, 2.75) is 26.5 Å². The highest BCUT2D eigenvalue weighted by molar-refractivity contribution is 5.44. The molecule has 0 rings (SSSR count). The zero-order chi connectivity index (χ0) is 7.70. The maximum absolute atomic E-state index is 8.81. The molecule has 0 bridgehead atoms. The van der Waals surface area contributed by atoms with Gasteiger partial charge in [0.05, 0.1) is 0 Å². The molecule has 0 amide bonds. The van der Waals surface area contributed by atoms with E-state index in [0.29, 0.717) is 0 Å². The number of carbonyl (C=O) groups is 1. The van der Waals surface area contributed by atoms with Crippen molar-refractivity contribution >= 4 is 6.29 Å². The lowest BCUT2D eigenvalue weighted by atomic mass is 10.4. The Bertz CT molecular complexity index is 53.0. The summed E-state index contributed by atoms with van der Waals surface area (Å²) in [5.41, 5.74) is 5.25. The molecule has 0 aliphatic heterocycles. The number of hydrogen-bond donors (Lipinski definition) is 1. The highest BCUT2D eigenvalue weighted by atomic mass is 16.5. The average Bonchev–Trinajstić information content (AvgIpc) is 1.88. The first-order valence-corrected chi connectivity index (χ1v) is 2.91. The number of methoxy groups -OCH3 is 1. The van der Waals surface area contributed by atoms with Gasteiger partial charge < -0.3 is 15.3 Å². The van der Waals surface area contributed by atoms with Gasteiger partial charge in [-0.3, -0.25) is 0 Å². The van der Waals surface area contributed by atoms with Crippen LogP contribution in [0.25, 0.3) is 0 Å². The van der Waals surface area contributed by atoms with E-state index in [4.69, 9.17) is 10.5 Å². The van der Waals surface area contributed by atoms with Gasteiger partial charge in [-0.25, -0.2) is 0 Å². The fourth-order valence-electron chi connectivity index (χ4n) is 0.167. The normalized spacial score (nSPS) is 11.1. The summed E-state index contributed by atoms with van der Waals surface area (Å²) in [4.78, 5) is 8.81. The largest absolute Gasteiger partial charge is 0.367 e. The Hall–Kier alpha value is -0.410. The predicted molar refractivity (Wildman–Crippen MR) is 37.0 cm³/mol. The Morgan fingerprint density at radius 3 is 2.11 bits per heavy atom. The summed E-state index contributed by atoms with van der Waals surface area (Å²) in [6.07, 6.45) is 1.57. The monoisotopic (exact) mass is 133 g/mol. The summed E-state index contributed by atoms with van der Waals surface area (Å²) in [5.74, 6) is 0. The Balaban J connectivity index is 0. The number of hydrogen-bond acceptors (Lipinski definition) is 3. The van der Waals surface area contributed by atoms with Gasteiger partial charge in [-0.15, -0.1) is 0 Å². The standard InChI is InChI=1S/C4H11NO.C2H4O/c1-3-4(5)6-2;1-2-3/h4H,3,5H2,1-2H3;2H,1H3. The molecule has 0 aliphatic rings. The molecule has 0 aliphatic carbocycles. The van der Waals surface area contributed by atoms with E-state index in [1.807, 2.05) is 6.92 Å². The van der Waals surface area contributed by atoms with Crippen LogP contribution in [0, 0.1) is 0 Å². The van der Waals surface area contributed by atoms with Crippen molar-refractivity contribution in [2.75, 3.05) is 7.11 Å².